The van der Waals surface area contributed by atoms with E-state index in [4.69, 9.17) is 9.47 Å². The maximum absolute atomic E-state index is 12.8. The molecule has 27 heavy (non-hydrogen) atoms. The quantitative estimate of drug-likeness (QED) is 0.675. The maximum atomic E-state index is 12.8. The van der Waals surface area contributed by atoms with Gasteiger partial charge in [0.15, 0.2) is 0 Å². The second-order valence-corrected chi connectivity index (χ2v) is 6.38. The Bertz CT molecular complexity index is 886. The van der Waals surface area contributed by atoms with Gasteiger partial charge in [0.05, 0.1) is 32.4 Å². The van der Waals surface area contributed by atoms with E-state index in [-0.39, 0.29) is 11.9 Å². The molecule has 0 spiro atoms. The fourth-order valence-corrected chi connectivity index (χ4v) is 3.02. The van der Waals surface area contributed by atoms with E-state index < -0.39 is 0 Å². The second-order valence-electron chi connectivity index (χ2n) is 6.38. The molecule has 0 saturated carbocycles. The topological polar surface area (TPSA) is 52.5 Å². The first kappa shape index (κ1) is 18.6. The highest BCUT2D eigenvalue weighted by Gasteiger charge is 2.18. The predicted octanol–water partition coefficient (Wildman–Crippen LogP) is 4.43. The van der Waals surface area contributed by atoms with E-state index in [0.717, 1.165) is 5.56 Å². The molecule has 0 aliphatic rings. The first-order chi connectivity index (χ1) is 13.1. The molecular weight excluding hydrogens is 340 g/mol. The second kappa shape index (κ2) is 8.45. The first-order valence-corrected chi connectivity index (χ1v) is 8.81. The van der Waals surface area contributed by atoms with Crippen LogP contribution in [-0.4, -0.2) is 24.7 Å². The van der Waals surface area contributed by atoms with Crippen LogP contribution in [0.5, 0.6) is 11.5 Å². The molecule has 5 nitrogen and oxygen atoms in total. The molecule has 3 aromatic rings. The Labute approximate surface area is 159 Å². The van der Waals surface area contributed by atoms with Gasteiger partial charge in [0.2, 0.25) is 5.91 Å². The van der Waals surface area contributed by atoms with Crippen LogP contribution in [0.1, 0.15) is 23.6 Å². The standard InChI is InChI=1S/C22H24N2O3/c1-16-6-8-17(9-7-16)20(24-12-4-5-13-24)15-22(25)23-19-11-10-18(26-2)14-21(19)27-3/h4-14,20H,15H2,1-3H3,(H,23,25)/t20-/m1/s1. The average molecular weight is 364 g/mol. The number of aromatic nitrogens is 1. The lowest BCUT2D eigenvalue weighted by atomic mass is 10.0. The van der Waals surface area contributed by atoms with Crippen LogP contribution < -0.4 is 14.8 Å². The largest absolute Gasteiger partial charge is 0.497 e. The summed E-state index contributed by atoms with van der Waals surface area (Å²) in [6.07, 6.45) is 4.27. The van der Waals surface area contributed by atoms with Gasteiger partial charge in [-0.25, -0.2) is 0 Å². The average Bonchev–Trinajstić information content (AvgIpc) is 3.21. The van der Waals surface area contributed by atoms with Crippen LogP contribution in [0, 0.1) is 6.92 Å². The van der Waals surface area contributed by atoms with Crippen molar-refractivity contribution in [2.24, 2.45) is 0 Å². The zero-order chi connectivity index (χ0) is 19.2. The summed E-state index contributed by atoms with van der Waals surface area (Å²) in [7, 11) is 3.16. The Kier molecular flexibility index (Phi) is 5.81. The first-order valence-electron chi connectivity index (χ1n) is 8.81. The smallest absolute Gasteiger partial charge is 0.226 e. The minimum Gasteiger partial charge on any atom is -0.497 e. The van der Waals surface area contributed by atoms with Crippen molar-refractivity contribution in [1.29, 1.82) is 0 Å². The molecule has 1 atom stereocenters. The van der Waals surface area contributed by atoms with E-state index in [1.807, 2.05) is 24.5 Å². The number of carbonyl (C=O) groups is 1. The third kappa shape index (κ3) is 4.50. The van der Waals surface area contributed by atoms with Crippen LogP contribution in [0.25, 0.3) is 0 Å². The highest BCUT2D eigenvalue weighted by Crippen LogP contribution is 2.30. The lowest BCUT2D eigenvalue weighted by molar-refractivity contribution is -0.116. The van der Waals surface area contributed by atoms with Crippen molar-refractivity contribution in [1.82, 2.24) is 4.57 Å². The van der Waals surface area contributed by atoms with E-state index in [0.29, 0.717) is 23.6 Å². The molecule has 0 aliphatic carbocycles. The number of amides is 1. The summed E-state index contributed by atoms with van der Waals surface area (Å²) in [5.41, 5.74) is 2.91. The summed E-state index contributed by atoms with van der Waals surface area (Å²) in [6.45, 7) is 2.05. The minimum atomic E-state index is -0.0854. The number of aryl methyl sites for hydroxylation is 1. The normalized spacial score (nSPS) is 11.7. The third-order valence-corrected chi connectivity index (χ3v) is 4.51. The Morgan fingerprint density at radius 3 is 2.37 bits per heavy atom. The molecule has 5 heteroatoms. The summed E-state index contributed by atoms with van der Waals surface area (Å²) in [4.78, 5) is 12.8. The van der Waals surface area contributed by atoms with Gasteiger partial charge in [-0.2, -0.15) is 0 Å². The number of carbonyl (C=O) groups excluding carboxylic acids is 1. The van der Waals surface area contributed by atoms with E-state index in [1.54, 1.807) is 32.4 Å². The summed E-state index contributed by atoms with van der Waals surface area (Å²) in [5.74, 6) is 1.16. The molecule has 0 bridgehead atoms. The number of hydrogen-bond donors (Lipinski definition) is 1. The molecule has 0 aliphatic heterocycles. The molecule has 2 aromatic carbocycles. The van der Waals surface area contributed by atoms with Crippen LogP contribution >= 0.6 is 0 Å². The third-order valence-electron chi connectivity index (χ3n) is 4.51. The van der Waals surface area contributed by atoms with Crippen molar-refractivity contribution in [3.05, 3.63) is 78.1 Å². The fourth-order valence-electron chi connectivity index (χ4n) is 3.02. The Balaban J connectivity index is 1.80. The molecule has 0 radical (unpaired) electrons. The maximum Gasteiger partial charge on any atom is 0.226 e. The van der Waals surface area contributed by atoms with Crippen molar-refractivity contribution in [2.45, 2.75) is 19.4 Å². The van der Waals surface area contributed by atoms with E-state index in [1.165, 1.54) is 5.56 Å². The SMILES string of the molecule is COc1ccc(NC(=O)C[C@H](c2ccc(C)cc2)n2cccc2)c(OC)c1. The molecule has 1 N–H and O–H groups in total. The van der Waals surface area contributed by atoms with E-state index in [9.17, 15) is 4.79 Å². The van der Waals surface area contributed by atoms with Gasteiger partial charge < -0.3 is 19.4 Å². The number of hydrogen-bond acceptors (Lipinski definition) is 3. The van der Waals surface area contributed by atoms with Crippen LogP contribution in [0.15, 0.2) is 67.0 Å². The summed E-state index contributed by atoms with van der Waals surface area (Å²) in [5, 5.41) is 2.95. The Morgan fingerprint density at radius 2 is 1.74 bits per heavy atom. The summed E-state index contributed by atoms with van der Waals surface area (Å²) >= 11 is 0. The fraction of sp³-hybridized carbons (Fsp3) is 0.227. The lowest BCUT2D eigenvalue weighted by Gasteiger charge is -2.20. The van der Waals surface area contributed by atoms with Gasteiger partial charge in [0.25, 0.3) is 0 Å². The van der Waals surface area contributed by atoms with Crippen LogP contribution in [0.4, 0.5) is 5.69 Å². The summed E-state index contributed by atoms with van der Waals surface area (Å²) < 4.78 is 12.6. The molecule has 140 valence electrons. The van der Waals surface area contributed by atoms with Crippen molar-refractivity contribution in [3.63, 3.8) is 0 Å². The molecule has 0 saturated heterocycles. The van der Waals surface area contributed by atoms with Crippen LogP contribution in [0.3, 0.4) is 0 Å². The molecule has 0 unspecified atom stereocenters. The summed E-state index contributed by atoms with van der Waals surface area (Å²) in [6, 6.07) is 17.4. The van der Waals surface area contributed by atoms with Crippen molar-refractivity contribution >= 4 is 11.6 Å². The van der Waals surface area contributed by atoms with Gasteiger partial charge in [-0.1, -0.05) is 29.8 Å². The van der Waals surface area contributed by atoms with E-state index in [2.05, 4.69) is 41.1 Å². The zero-order valence-corrected chi connectivity index (χ0v) is 15.8. The number of benzene rings is 2. The van der Waals surface area contributed by atoms with Crippen molar-refractivity contribution in [2.75, 3.05) is 19.5 Å². The highest BCUT2D eigenvalue weighted by molar-refractivity contribution is 5.93. The number of ether oxygens (including phenoxy) is 2. The number of nitrogens with one attached hydrogen (secondary N) is 1. The van der Waals surface area contributed by atoms with Gasteiger partial charge in [0.1, 0.15) is 11.5 Å². The monoisotopic (exact) mass is 364 g/mol. The molecular formula is C22H24N2O3. The number of anilines is 1. The minimum absolute atomic E-state index is 0.0788. The lowest BCUT2D eigenvalue weighted by Crippen LogP contribution is -2.20. The molecule has 1 heterocycles. The van der Waals surface area contributed by atoms with Crippen LogP contribution in [0.2, 0.25) is 0 Å². The molecule has 3 rings (SSSR count). The van der Waals surface area contributed by atoms with Crippen molar-refractivity contribution in [3.8, 4) is 11.5 Å². The molecule has 1 amide bonds. The zero-order valence-electron chi connectivity index (χ0n) is 15.8. The van der Waals surface area contributed by atoms with Gasteiger partial charge in [-0.15, -0.1) is 0 Å². The van der Waals surface area contributed by atoms with Gasteiger partial charge >= 0.3 is 0 Å². The number of rotatable bonds is 7. The predicted molar refractivity (Wildman–Crippen MR) is 107 cm³/mol. The highest BCUT2D eigenvalue weighted by atomic mass is 16.5. The Morgan fingerprint density at radius 1 is 1.04 bits per heavy atom. The van der Waals surface area contributed by atoms with Crippen molar-refractivity contribution < 1.29 is 14.3 Å². The van der Waals surface area contributed by atoms with Gasteiger partial charge in [0, 0.05) is 18.5 Å². The molecule has 1 aromatic heterocycles. The number of methoxy groups -OCH3 is 2. The van der Waals surface area contributed by atoms with E-state index >= 15 is 0 Å². The van der Waals surface area contributed by atoms with Gasteiger partial charge in [-0.3, -0.25) is 4.79 Å². The van der Waals surface area contributed by atoms with Gasteiger partial charge in [-0.05, 0) is 36.8 Å². The molecule has 0 fully saturated rings. The Hall–Kier alpha value is -3.21. The van der Waals surface area contributed by atoms with Crippen LogP contribution in [-0.2, 0) is 4.79 Å². The number of nitrogens with zero attached hydrogens (tertiary/aromatic N) is 1.